The number of rotatable bonds is 3. The van der Waals surface area contributed by atoms with Gasteiger partial charge in [-0.2, -0.15) is 0 Å². The standard InChI is InChI=1S/C14H10BrF3N2S/c1-6-2-9(16)8(15)5-12(6)20-13-10(17)3-7(14(19)21)4-11(13)18/h2-5,20H,1H3,(H2,19,21). The van der Waals surface area contributed by atoms with E-state index < -0.39 is 17.5 Å². The SMILES string of the molecule is Cc1cc(F)c(Br)cc1Nc1c(F)cc(C(N)=S)cc1F. The Balaban J connectivity index is 2.45. The number of nitrogens with two attached hydrogens (primary N) is 1. The van der Waals surface area contributed by atoms with Crippen molar-refractivity contribution in [1.82, 2.24) is 0 Å². The van der Waals surface area contributed by atoms with Crippen LogP contribution in [0.25, 0.3) is 0 Å². The number of aryl methyl sites for hydroxylation is 1. The second-order valence-corrected chi connectivity index (χ2v) is 5.68. The first-order valence-corrected chi connectivity index (χ1v) is 7.01. The largest absolute Gasteiger partial charge is 0.389 e. The fourth-order valence-corrected chi connectivity index (χ4v) is 2.21. The zero-order chi connectivity index (χ0) is 15.7. The van der Waals surface area contributed by atoms with Crippen molar-refractivity contribution in [2.24, 2.45) is 5.73 Å². The number of hydrogen-bond donors (Lipinski definition) is 2. The van der Waals surface area contributed by atoms with Gasteiger partial charge in [0.15, 0.2) is 0 Å². The Kier molecular flexibility index (Phi) is 4.53. The Morgan fingerprint density at radius 3 is 2.19 bits per heavy atom. The second-order valence-electron chi connectivity index (χ2n) is 4.39. The normalized spacial score (nSPS) is 10.5. The highest BCUT2D eigenvalue weighted by Crippen LogP contribution is 2.30. The van der Waals surface area contributed by atoms with E-state index in [2.05, 4.69) is 33.5 Å². The van der Waals surface area contributed by atoms with Crippen molar-refractivity contribution >= 4 is 44.5 Å². The summed E-state index contributed by atoms with van der Waals surface area (Å²) in [6.45, 7) is 1.62. The summed E-state index contributed by atoms with van der Waals surface area (Å²) in [4.78, 5) is -0.0972. The minimum absolute atomic E-state index is 0.0972. The molecule has 110 valence electrons. The first-order chi connectivity index (χ1) is 9.79. The third-order valence-corrected chi connectivity index (χ3v) is 3.70. The van der Waals surface area contributed by atoms with Crippen LogP contribution >= 0.6 is 28.1 Å². The fourth-order valence-electron chi connectivity index (χ4n) is 1.75. The quantitative estimate of drug-likeness (QED) is 0.773. The number of nitrogens with one attached hydrogen (secondary N) is 1. The molecule has 2 aromatic rings. The third-order valence-electron chi connectivity index (χ3n) is 2.85. The summed E-state index contributed by atoms with van der Waals surface area (Å²) in [6.07, 6.45) is 0. The Morgan fingerprint density at radius 2 is 1.67 bits per heavy atom. The molecule has 0 bridgehead atoms. The van der Waals surface area contributed by atoms with Crippen LogP contribution in [0.4, 0.5) is 24.5 Å². The lowest BCUT2D eigenvalue weighted by molar-refractivity contribution is 0.590. The Bertz CT molecular complexity index is 711. The molecule has 0 saturated carbocycles. The summed E-state index contributed by atoms with van der Waals surface area (Å²) in [5, 5.41) is 2.61. The summed E-state index contributed by atoms with van der Waals surface area (Å²) in [5.41, 5.74) is 5.98. The number of anilines is 2. The van der Waals surface area contributed by atoms with Gasteiger partial charge in [-0.15, -0.1) is 0 Å². The molecule has 0 unspecified atom stereocenters. The average molecular weight is 375 g/mol. The lowest BCUT2D eigenvalue weighted by atomic mass is 10.1. The van der Waals surface area contributed by atoms with Gasteiger partial charge in [-0.25, -0.2) is 13.2 Å². The first-order valence-electron chi connectivity index (χ1n) is 5.81. The van der Waals surface area contributed by atoms with E-state index in [1.54, 1.807) is 6.92 Å². The number of halogens is 4. The molecule has 0 fully saturated rings. The molecule has 0 aromatic heterocycles. The molecule has 0 aliphatic carbocycles. The molecule has 0 aliphatic heterocycles. The van der Waals surface area contributed by atoms with E-state index in [-0.39, 0.29) is 20.7 Å². The summed E-state index contributed by atoms with van der Waals surface area (Å²) >= 11 is 7.71. The van der Waals surface area contributed by atoms with E-state index in [9.17, 15) is 13.2 Å². The number of benzene rings is 2. The monoisotopic (exact) mass is 374 g/mol. The lowest BCUT2D eigenvalue weighted by Gasteiger charge is -2.13. The summed E-state index contributed by atoms with van der Waals surface area (Å²) in [6, 6.07) is 4.75. The molecule has 0 amide bonds. The maximum atomic E-state index is 14.0. The molecular weight excluding hydrogens is 365 g/mol. The zero-order valence-electron chi connectivity index (χ0n) is 10.8. The Morgan fingerprint density at radius 1 is 1.10 bits per heavy atom. The molecule has 0 atom stereocenters. The Hall–Kier alpha value is -1.60. The Labute approximate surface area is 133 Å². The van der Waals surface area contributed by atoms with E-state index >= 15 is 0 Å². The zero-order valence-corrected chi connectivity index (χ0v) is 13.2. The minimum atomic E-state index is -0.836. The van der Waals surface area contributed by atoms with Crippen LogP contribution in [0.3, 0.4) is 0 Å². The highest BCUT2D eigenvalue weighted by Gasteiger charge is 2.14. The molecule has 3 N–H and O–H groups in total. The van der Waals surface area contributed by atoms with Crippen molar-refractivity contribution in [3.05, 3.63) is 57.3 Å². The maximum Gasteiger partial charge on any atom is 0.150 e. The predicted molar refractivity (Wildman–Crippen MR) is 84.4 cm³/mol. The van der Waals surface area contributed by atoms with Crippen LogP contribution in [-0.4, -0.2) is 4.99 Å². The molecule has 2 rings (SSSR count). The molecule has 0 aliphatic rings. The predicted octanol–water partition coefficient (Wildman–Crippen LogP) is 4.55. The summed E-state index contributed by atoms with van der Waals surface area (Å²) < 4.78 is 41.5. The molecule has 2 nitrogen and oxygen atoms in total. The topological polar surface area (TPSA) is 38.0 Å². The third kappa shape index (κ3) is 3.36. The molecule has 0 radical (unpaired) electrons. The van der Waals surface area contributed by atoms with Crippen LogP contribution in [0, 0.1) is 24.4 Å². The van der Waals surface area contributed by atoms with Gasteiger partial charge >= 0.3 is 0 Å². The van der Waals surface area contributed by atoms with Crippen LogP contribution in [0.15, 0.2) is 28.7 Å². The summed E-state index contributed by atoms with van der Waals surface area (Å²) in [7, 11) is 0. The molecule has 0 spiro atoms. The van der Waals surface area contributed by atoms with Gasteiger partial charge in [0.2, 0.25) is 0 Å². The van der Waals surface area contributed by atoms with E-state index in [1.807, 2.05) is 0 Å². The van der Waals surface area contributed by atoms with Crippen molar-refractivity contribution < 1.29 is 13.2 Å². The van der Waals surface area contributed by atoms with Crippen LogP contribution in [0.2, 0.25) is 0 Å². The van der Waals surface area contributed by atoms with Gasteiger partial charge in [0.25, 0.3) is 0 Å². The van der Waals surface area contributed by atoms with Crippen molar-refractivity contribution in [1.29, 1.82) is 0 Å². The first kappa shape index (κ1) is 15.8. The number of thiocarbonyl (C=S) groups is 1. The van der Waals surface area contributed by atoms with E-state index in [0.717, 1.165) is 12.1 Å². The second kappa shape index (κ2) is 6.03. The highest BCUT2D eigenvalue weighted by atomic mass is 79.9. The van der Waals surface area contributed by atoms with Gasteiger partial charge < -0.3 is 11.1 Å². The van der Waals surface area contributed by atoms with Gasteiger partial charge in [-0.3, -0.25) is 0 Å². The van der Waals surface area contributed by atoms with Gasteiger partial charge in [0.05, 0.1) is 4.47 Å². The van der Waals surface area contributed by atoms with Crippen LogP contribution in [-0.2, 0) is 0 Å². The summed E-state index contributed by atoms with van der Waals surface area (Å²) in [5.74, 6) is -2.13. The van der Waals surface area contributed by atoms with E-state index in [1.165, 1.54) is 12.1 Å². The van der Waals surface area contributed by atoms with Crippen molar-refractivity contribution in [2.45, 2.75) is 6.92 Å². The smallest absolute Gasteiger partial charge is 0.150 e. The molecule has 0 heterocycles. The van der Waals surface area contributed by atoms with Gasteiger partial charge in [0, 0.05) is 11.3 Å². The van der Waals surface area contributed by atoms with Crippen molar-refractivity contribution in [3.63, 3.8) is 0 Å². The lowest BCUT2D eigenvalue weighted by Crippen LogP contribution is -2.11. The van der Waals surface area contributed by atoms with E-state index in [0.29, 0.717) is 11.3 Å². The highest BCUT2D eigenvalue weighted by molar-refractivity contribution is 9.10. The van der Waals surface area contributed by atoms with Crippen LogP contribution in [0.5, 0.6) is 0 Å². The van der Waals surface area contributed by atoms with E-state index in [4.69, 9.17) is 5.73 Å². The van der Waals surface area contributed by atoms with Crippen molar-refractivity contribution in [2.75, 3.05) is 5.32 Å². The maximum absolute atomic E-state index is 14.0. The van der Waals surface area contributed by atoms with Crippen LogP contribution in [0.1, 0.15) is 11.1 Å². The van der Waals surface area contributed by atoms with Crippen LogP contribution < -0.4 is 11.1 Å². The molecule has 0 saturated heterocycles. The van der Waals surface area contributed by atoms with Crippen molar-refractivity contribution in [3.8, 4) is 0 Å². The molecular formula is C14H10BrF3N2S. The van der Waals surface area contributed by atoms with Gasteiger partial charge in [-0.1, -0.05) is 12.2 Å². The fraction of sp³-hybridized carbons (Fsp3) is 0.0714. The molecule has 7 heteroatoms. The minimum Gasteiger partial charge on any atom is -0.389 e. The van der Waals surface area contributed by atoms with Gasteiger partial charge in [-0.05, 0) is 52.7 Å². The number of hydrogen-bond acceptors (Lipinski definition) is 2. The average Bonchev–Trinajstić information content (AvgIpc) is 2.39. The van der Waals surface area contributed by atoms with Gasteiger partial charge in [0.1, 0.15) is 28.1 Å². The molecule has 21 heavy (non-hydrogen) atoms. The molecule has 2 aromatic carbocycles.